The van der Waals surface area contributed by atoms with Crippen LogP contribution in [-0.4, -0.2) is 39.1 Å². The molecule has 0 spiro atoms. The molecule has 5 heteroatoms. The number of sulfone groups is 1. The summed E-state index contributed by atoms with van der Waals surface area (Å²) in [6.45, 7) is 0.0199. The quantitative estimate of drug-likeness (QED) is 0.798. The Morgan fingerprint density at radius 2 is 1.93 bits per heavy atom. The maximum absolute atomic E-state index is 11.7. The van der Waals surface area contributed by atoms with Gasteiger partial charge in [0.05, 0.1) is 23.4 Å². The largest absolute Gasteiger partial charge is 0.390 e. The molecule has 0 aliphatic rings. The van der Waals surface area contributed by atoms with Crippen LogP contribution < -0.4 is 0 Å². The Bertz CT molecular complexity index is 385. The molecule has 1 N–H and O–H groups in total. The predicted octanol–water partition coefficient (Wildman–Crippen LogP) is 0.468. The van der Waals surface area contributed by atoms with Gasteiger partial charge in [0.25, 0.3) is 0 Å². The summed E-state index contributed by atoms with van der Waals surface area (Å²) in [6.07, 6.45) is -0.986. The molecule has 0 aliphatic carbocycles. The Hall–Kier alpha value is -0.910. The van der Waals surface area contributed by atoms with E-state index in [0.717, 1.165) is 0 Å². The smallest absolute Gasteiger partial charge is 0.180 e. The van der Waals surface area contributed by atoms with Crippen molar-refractivity contribution in [2.75, 3.05) is 19.5 Å². The maximum atomic E-state index is 11.7. The van der Waals surface area contributed by atoms with Crippen molar-refractivity contribution >= 4 is 9.84 Å². The van der Waals surface area contributed by atoms with Gasteiger partial charge in [-0.3, -0.25) is 0 Å². The second kappa shape index (κ2) is 5.25. The Labute approximate surface area is 89.4 Å². The lowest BCUT2D eigenvalue weighted by atomic mass is 10.4. The van der Waals surface area contributed by atoms with Crippen LogP contribution in [0.15, 0.2) is 35.2 Å². The lowest BCUT2D eigenvalue weighted by molar-refractivity contribution is 0.0783. The Balaban J connectivity index is 2.77. The molecule has 0 aromatic heterocycles. The molecule has 0 radical (unpaired) electrons. The fraction of sp³-hybridized carbons (Fsp3) is 0.400. The molecule has 0 heterocycles. The van der Waals surface area contributed by atoms with Crippen LogP contribution in [0.4, 0.5) is 0 Å². The summed E-state index contributed by atoms with van der Waals surface area (Å²) in [6, 6.07) is 8.06. The van der Waals surface area contributed by atoms with Gasteiger partial charge in [-0.2, -0.15) is 0 Å². The monoisotopic (exact) mass is 230 g/mol. The number of ether oxygens (including phenoxy) is 1. The highest BCUT2D eigenvalue weighted by Gasteiger charge is 2.18. The highest BCUT2D eigenvalue weighted by atomic mass is 32.2. The summed E-state index contributed by atoms with van der Waals surface area (Å²) >= 11 is 0. The van der Waals surface area contributed by atoms with Gasteiger partial charge in [-0.15, -0.1) is 0 Å². The summed E-state index contributed by atoms with van der Waals surface area (Å²) < 4.78 is 28.1. The fourth-order valence-corrected chi connectivity index (χ4v) is 2.58. The van der Waals surface area contributed by atoms with E-state index >= 15 is 0 Å². The van der Waals surface area contributed by atoms with Gasteiger partial charge in [0.2, 0.25) is 0 Å². The summed E-state index contributed by atoms with van der Waals surface area (Å²) in [7, 11) is -2.00. The fourth-order valence-electron chi connectivity index (χ4n) is 1.22. The van der Waals surface area contributed by atoms with E-state index in [4.69, 9.17) is 0 Å². The molecule has 1 aromatic rings. The first-order chi connectivity index (χ1) is 7.06. The topological polar surface area (TPSA) is 63.6 Å². The number of methoxy groups -OCH3 is 1. The van der Waals surface area contributed by atoms with Crippen LogP contribution in [0.1, 0.15) is 0 Å². The third kappa shape index (κ3) is 3.62. The van der Waals surface area contributed by atoms with Crippen molar-refractivity contribution in [3.8, 4) is 0 Å². The SMILES string of the molecule is COCC(O)CS(=O)(=O)c1ccccc1. The molecular weight excluding hydrogens is 216 g/mol. The van der Waals surface area contributed by atoms with E-state index in [-0.39, 0.29) is 17.3 Å². The first-order valence-electron chi connectivity index (χ1n) is 4.51. The lowest BCUT2D eigenvalue weighted by Gasteiger charge is -2.09. The molecular formula is C10H14O4S. The third-order valence-corrected chi connectivity index (χ3v) is 3.69. The molecule has 0 saturated carbocycles. The summed E-state index contributed by atoms with van der Waals surface area (Å²) in [5, 5.41) is 9.34. The zero-order valence-electron chi connectivity index (χ0n) is 8.46. The van der Waals surface area contributed by atoms with Crippen LogP contribution in [0, 0.1) is 0 Å². The van der Waals surface area contributed by atoms with Crippen molar-refractivity contribution in [3.05, 3.63) is 30.3 Å². The van der Waals surface area contributed by atoms with E-state index in [9.17, 15) is 13.5 Å². The van der Waals surface area contributed by atoms with E-state index in [0.29, 0.717) is 0 Å². The molecule has 1 unspecified atom stereocenters. The van der Waals surface area contributed by atoms with Crippen molar-refractivity contribution in [1.29, 1.82) is 0 Å². The van der Waals surface area contributed by atoms with Gasteiger partial charge in [0, 0.05) is 7.11 Å². The number of hydrogen-bond acceptors (Lipinski definition) is 4. The van der Waals surface area contributed by atoms with Crippen LogP contribution in [-0.2, 0) is 14.6 Å². The van der Waals surface area contributed by atoms with Gasteiger partial charge >= 0.3 is 0 Å². The van der Waals surface area contributed by atoms with E-state index in [1.54, 1.807) is 18.2 Å². The lowest BCUT2D eigenvalue weighted by Crippen LogP contribution is -2.25. The average Bonchev–Trinajstić information content (AvgIpc) is 2.18. The predicted molar refractivity (Wildman–Crippen MR) is 56.4 cm³/mol. The summed E-state index contributed by atoms with van der Waals surface area (Å²) in [5.41, 5.74) is 0. The number of benzene rings is 1. The van der Waals surface area contributed by atoms with Crippen LogP contribution in [0.3, 0.4) is 0 Å². The highest BCUT2D eigenvalue weighted by molar-refractivity contribution is 7.91. The second-order valence-corrected chi connectivity index (χ2v) is 5.24. The van der Waals surface area contributed by atoms with Crippen molar-refractivity contribution in [2.24, 2.45) is 0 Å². The molecule has 0 fully saturated rings. The molecule has 0 saturated heterocycles. The van der Waals surface area contributed by atoms with Crippen molar-refractivity contribution in [3.63, 3.8) is 0 Å². The molecule has 1 aromatic carbocycles. The van der Waals surface area contributed by atoms with Gasteiger partial charge in [-0.05, 0) is 12.1 Å². The van der Waals surface area contributed by atoms with Gasteiger partial charge in [0.1, 0.15) is 0 Å². The van der Waals surface area contributed by atoms with Crippen molar-refractivity contribution in [2.45, 2.75) is 11.0 Å². The first kappa shape index (κ1) is 12.2. The van der Waals surface area contributed by atoms with E-state index in [1.165, 1.54) is 19.2 Å². The van der Waals surface area contributed by atoms with Crippen molar-refractivity contribution < 1.29 is 18.3 Å². The average molecular weight is 230 g/mol. The molecule has 1 rings (SSSR count). The molecule has 0 aliphatic heterocycles. The third-order valence-electron chi connectivity index (χ3n) is 1.87. The maximum Gasteiger partial charge on any atom is 0.180 e. The zero-order chi connectivity index (χ0) is 11.3. The van der Waals surface area contributed by atoms with Crippen LogP contribution in [0.25, 0.3) is 0 Å². The van der Waals surface area contributed by atoms with Gasteiger partial charge < -0.3 is 9.84 Å². The summed E-state index contributed by atoms with van der Waals surface area (Å²) in [5.74, 6) is -0.315. The molecule has 84 valence electrons. The Kier molecular flexibility index (Phi) is 4.26. The second-order valence-electron chi connectivity index (χ2n) is 3.20. The zero-order valence-corrected chi connectivity index (χ0v) is 9.28. The van der Waals surface area contributed by atoms with E-state index in [2.05, 4.69) is 4.74 Å². The molecule has 0 amide bonds. The Morgan fingerprint density at radius 3 is 2.47 bits per heavy atom. The Morgan fingerprint density at radius 1 is 1.33 bits per heavy atom. The van der Waals surface area contributed by atoms with E-state index in [1.807, 2.05) is 0 Å². The van der Waals surface area contributed by atoms with Crippen LogP contribution >= 0.6 is 0 Å². The molecule has 4 nitrogen and oxygen atoms in total. The normalized spacial score (nSPS) is 13.7. The van der Waals surface area contributed by atoms with Crippen LogP contribution in [0.2, 0.25) is 0 Å². The van der Waals surface area contributed by atoms with Crippen LogP contribution in [0.5, 0.6) is 0 Å². The number of aliphatic hydroxyl groups excluding tert-OH is 1. The molecule has 15 heavy (non-hydrogen) atoms. The molecule has 0 bridgehead atoms. The van der Waals surface area contributed by atoms with E-state index < -0.39 is 15.9 Å². The minimum absolute atomic E-state index is 0.0199. The number of aliphatic hydroxyl groups is 1. The highest BCUT2D eigenvalue weighted by Crippen LogP contribution is 2.11. The minimum atomic E-state index is -3.41. The number of hydrogen-bond donors (Lipinski definition) is 1. The number of rotatable bonds is 5. The molecule has 1 atom stereocenters. The standard InChI is InChI=1S/C10H14O4S/c1-14-7-9(11)8-15(12,13)10-5-3-2-4-6-10/h2-6,9,11H,7-8H2,1H3. The summed E-state index contributed by atoms with van der Waals surface area (Å²) in [4.78, 5) is 0.222. The van der Waals surface area contributed by atoms with Gasteiger partial charge in [0.15, 0.2) is 9.84 Å². The van der Waals surface area contributed by atoms with Gasteiger partial charge in [-0.25, -0.2) is 8.42 Å². The van der Waals surface area contributed by atoms with Crippen molar-refractivity contribution in [1.82, 2.24) is 0 Å². The first-order valence-corrected chi connectivity index (χ1v) is 6.16. The minimum Gasteiger partial charge on any atom is -0.390 e. The van der Waals surface area contributed by atoms with Gasteiger partial charge in [-0.1, -0.05) is 18.2 Å².